The van der Waals surface area contributed by atoms with Crippen molar-refractivity contribution < 1.29 is 22.7 Å². The smallest absolute Gasteiger partial charge is 0.243 e. The lowest BCUT2D eigenvalue weighted by Gasteiger charge is -2.33. The first-order valence-corrected chi connectivity index (χ1v) is 17.3. The summed E-state index contributed by atoms with van der Waals surface area (Å²) in [6, 6.07) is 20.8. The summed E-state index contributed by atoms with van der Waals surface area (Å²) in [5.41, 5.74) is 2.10. The Morgan fingerprint density at radius 3 is 2.34 bits per heavy atom. The Bertz CT molecular complexity index is 1530. The number of sulfonamides is 1. The molecule has 2 amide bonds. The van der Waals surface area contributed by atoms with Gasteiger partial charge in [-0.25, -0.2) is 8.42 Å². The van der Waals surface area contributed by atoms with Gasteiger partial charge in [0.1, 0.15) is 11.8 Å². The molecule has 0 heterocycles. The van der Waals surface area contributed by atoms with E-state index < -0.39 is 16.1 Å². The molecule has 236 valence electrons. The third-order valence-corrected chi connectivity index (χ3v) is 9.74. The van der Waals surface area contributed by atoms with Crippen LogP contribution in [0.2, 0.25) is 10.0 Å². The fraction of sp³-hybridized carbons (Fsp3) is 0.394. The third-order valence-electron chi connectivity index (χ3n) is 7.80. The first-order chi connectivity index (χ1) is 21.0. The molecule has 1 saturated carbocycles. The van der Waals surface area contributed by atoms with E-state index >= 15 is 0 Å². The highest BCUT2D eigenvalue weighted by atomic mass is 35.5. The molecule has 8 nitrogen and oxygen atoms in total. The summed E-state index contributed by atoms with van der Waals surface area (Å²) in [6.07, 6.45) is 5.67. The molecule has 0 aromatic heterocycles. The van der Waals surface area contributed by atoms with Crippen molar-refractivity contribution in [3.63, 3.8) is 0 Å². The van der Waals surface area contributed by atoms with Gasteiger partial charge >= 0.3 is 0 Å². The summed E-state index contributed by atoms with van der Waals surface area (Å²) >= 11 is 12.5. The van der Waals surface area contributed by atoms with E-state index in [2.05, 4.69) is 5.32 Å². The van der Waals surface area contributed by atoms with Gasteiger partial charge in [0.2, 0.25) is 21.8 Å². The highest BCUT2D eigenvalue weighted by Crippen LogP contribution is 2.26. The molecule has 0 saturated heterocycles. The second kappa shape index (κ2) is 15.6. The van der Waals surface area contributed by atoms with E-state index in [9.17, 15) is 18.0 Å². The molecule has 3 aromatic rings. The van der Waals surface area contributed by atoms with Crippen LogP contribution >= 0.6 is 23.2 Å². The lowest BCUT2D eigenvalue weighted by Crippen LogP contribution is -2.52. The molecular weight excluding hydrogens is 621 g/mol. The number of methoxy groups -OCH3 is 1. The number of rotatable bonds is 14. The van der Waals surface area contributed by atoms with Crippen molar-refractivity contribution in [2.45, 2.75) is 63.6 Å². The van der Waals surface area contributed by atoms with E-state index in [1.807, 2.05) is 30.3 Å². The zero-order valence-electron chi connectivity index (χ0n) is 25.0. The van der Waals surface area contributed by atoms with Crippen LogP contribution in [-0.2, 0) is 32.6 Å². The number of nitrogens with one attached hydrogen (secondary N) is 1. The minimum atomic E-state index is -3.64. The molecule has 0 spiro atoms. The van der Waals surface area contributed by atoms with Crippen molar-refractivity contribution in [2.75, 3.05) is 24.2 Å². The SMILES string of the molecule is COc1cccc(N(CCCC(=O)N(Cc2ccc(Cl)c(Cl)c2)C(Cc2ccccc2)C(=O)NC2CCCC2)S(C)(=O)=O)c1. The number of benzene rings is 3. The molecule has 1 atom stereocenters. The Kier molecular flexibility index (Phi) is 11.9. The number of carbonyl (C=O) groups is 2. The number of hydrogen-bond acceptors (Lipinski definition) is 5. The van der Waals surface area contributed by atoms with Crippen LogP contribution in [0.1, 0.15) is 49.7 Å². The summed E-state index contributed by atoms with van der Waals surface area (Å²) in [5.74, 6) is 0.0537. The third kappa shape index (κ3) is 9.36. The van der Waals surface area contributed by atoms with Gasteiger partial charge in [0.05, 0.1) is 29.1 Å². The van der Waals surface area contributed by atoms with E-state index in [1.165, 1.54) is 11.4 Å². The van der Waals surface area contributed by atoms with Crippen LogP contribution < -0.4 is 14.4 Å². The summed E-state index contributed by atoms with van der Waals surface area (Å²) in [5, 5.41) is 3.94. The van der Waals surface area contributed by atoms with Crippen LogP contribution in [0.4, 0.5) is 5.69 Å². The van der Waals surface area contributed by atoms with Crippen LogP contribution in [0.25, 0.3) is 0 Å². The molecule has 11 heteroatoms. The van der Waals surface area contributed by atoms with Crippen molar-refractivity contribution in [3.05, 3.63) is 94.0 Å². The quantitative estimate of drug-likeness (QED) is 0.221. The zero-order chi connectivity index (χ0) is 31.7. The largest absolute Gasteiger partial charge is 0.497 e. The molecule has 1 fully saturated rings. The Balaban J connectivity index is 1.60. The maximum atomic E-state index is 14.0. The second-order valence-electron chi connectivity index (χ2n) is 11.1. The van der Waals surface area contributed by atoms with Gasteiger partial charge in [-0.2, -0.15) is 0 Å². The van der Waals surface area contributed by atoms with Crippen molar-refractivity contribution in [1.82, 2.24) is 10.2 Å². The molecule has 1 unspecified atom stereocenters. The predicted molar refractivity (Wildman–Crippen MR) is 176 cm³/mol. The standard InChI is InChI=1S/C33H39Cl2N3O5S/c1-43-28-15-8-14-27(22-28)38(44(2,41)42)19-9-16-32(39)37(23-25-17-18-29(34)30(35)20-25)31(21-24-10-4-3-5-11-24)33(40)36-26-12-6-7-13-26/h3-5,8,10-11,14-15,17-18,20,22,26,31H,6-7,9,12-13,16,19,21,23H2,1-2H3,(H,36,40). The van der Waals surface area contributed by atoms with Gasteiger partial charge in [0.25, 0.3) is 0 Å². The van der Waals surface area contributed by atoms with Gasteiger partial charge in [-0.05, 0) is 54.7 Å². The van der Waals surface area contributed by atoms with Crippen molar-refractivity contribution >= 4 is 50.7 Å². The normalized spacial score (nSPS) is 14.2. The Hall–Kier alpha value is -3.27. The molecular formula is C33H39Cl2N3O5S. The summed E-state index contributed by atoms with van der Waals surface area (Å²) in [7, 11) is -2.13. The van der Waals surface area contributed by atoms with Crippen molar-refractivity contribution in [1.29, 1.82) is 0 Å². The number of ether oxygens (including phenoxy) is 1. The Morgan fingerprint density at radius 2 is 1.68 bits per heavy atom. The zero-order valence-corrected chi connectivity index (χ0v) is 27.4. The van der Waals surface area contributed by atoms with Gasteiger partial charge in [0, 0.05) is 38.0 Å². The average molecular weight is 661 g/mol. The molecule has 1 aliphatic carbocycles. The number of amides is 2. The molecule has 0 aliphatic heterocycles. The number of halogens is 2. The van der Waals surface area contributed by atoms with Crippen molar-refractivity contribution in [2.24, 2.45) is 0 Å². The summed E-state index contributed by atoms with van der Waals surface area (Å²) in [6.45, 7) is 0.215. The maximum Gasteiger partial charge on any atom is 0.243 e. The van der Waals surface area contributed by atoms with E-state index in [0.29, 0.717) is 27.9 Å². The topological polar surface area (TPSA) is 96.0 Å². The van der Waals surface area contributed by atoms with Crippen LogP contribution in [0, 0.1) is 0 Å². The highest BCUT2D eigenvalue weighted by molar-refractivity contribution is 7.92. The lowest BCUT2D eigenvalue weighted by molar-refractivity contribution is -0.141. The average Bonchev–Trinajstić information content (AvgIpc) is 3.51. The number of hydrogen-bond donors (Lipinski definition) is 1. The molecule has 3 aromatic carbocycles. The van der Waals surface area contributed by atoms with Gasteiger partial charge in [-0.15, -0.1) is 0 Å². The summed E-state index contributed by atoms with van der Waals surface area (Å²) in [4.78, 5) is 29.5. The first-order valence-electron chi connectivity index (χ1n) is 14.7. The van der Waals surface area contributed by atoms with E-state index in [-0.39, 0.29) is 43.8 Å². The number of carbonyl (C=O) groups excluding carboxylic acids is 2. The predicted octanol–water partition coefficient (Wildman–Crippen LogP) is 6.25. The molecule has 1 aliphatic rings. The summed E-state index contributed by atoms with van der Waals surface area (Å²) < 4.78 is 32.0. The van der Waals surface area contributed by atoms with Crippen molar-refractivity contribution in [3.8, 4) is 5.75 Å². The van der Waals surface area contributed by atoms with Crippen LogP contribution in [0.15, 0.2) is 72.8 Å². The van der Waals surface area contributed by atoms with Gasteiger partial charge in [0.15, 0.2) is 0 Å². The lowest BCUT2D eigenvalue weighted by atomic mass is 10.0. The van der Waals surface area contributed by atoms with Crippen LogP contribution in [-0.4, -0.2) is 57.1 Å². The highest BCUT2D eigenvalue weighted by Gasteiger charge is 2.32. The van der Waals surface area contributed by atoms with E-state index in [1.54, 1.807) is 47.4 Å². The molecule has 0 bridgehead atoms. The van der Waals surface area contributed by atoms with E-state index in [0.717, 1.165) is 43.1 Å². The Labute approximate surface area is 270 Å². The van der Waals surface area contributed by atoms with Crippen LogP contribution in [0.3, 0.4) is 0 Å². The minimum absolute atomic E-state index is 0.0271. The first kappa shape index (κ1) is 33.6. The molecule has 1 N–H and O–H groups in total. The fourth-order valence-electron chi connectivity index (χ4n) is 5.53. The molecule has 44 heavy (non-hydrogen) atoms. The fourth-order valence-corrected chi connectivity index (χ4v) is 6.80. The molecule has 0 radical (unpaired) electrons. The van der Waals surface area contributed by atoms with E-state index in [4.69, 9.17) is 27.9 Å². The van der Waals surface area contributed by atoms with Gasteiger partial charge in [-0.3, -0.25) is 13.9 Å². The number of nitrogens with zero attached hydrogens (tertiary/aromatic N) is 2. The minimum Gasteiger partial charge on any atom is -0.497 e. The monoisotopic (exact) mass is 659 g/mol. The van der Waals surface area contributed by atoms with Gasteiger partial charge < -0.3 is 15.0 Å². The Morgan fingerprint density at radius 1 is 0.955 bits per heavy atom. The van der Waals surface area contributed by atoms with Crippen LogP contribution in [0.5, 0.6) is 5.75 Å². The maximum absolute atomic E-state index is 14.0. The number of anilines is 1. The molecule has 4 rings (SSSR count). The van der Waals surface area contributed by atoms with Gasteiger partial charge in [-0.1, -0.05) is 78.5 Å². The second-order valence-corrected chi connectivity index (χ2v) is 13.8.